The molecule has 0 spiro atoms. The van der Waals surface area contributed by atoms with E-state index in [9.17, 15) is 14.0 Å². The van der Waals surface area contributed by atoms with Crippen molar-refractivity contribution >= 4 is 17.5 Å². The Bertz CT molecular complexity index is 771. The summed E-state index contributed by atoms with van der Waals surface area (Å²) in [5, 5.41) is 2.84. The second-order valence-electron chi connectivity index (χ2n) is 6.14. The van der Waals surface area contributed by atoms with Gasteiger partial charge in [-0.05, 0) is 48.7 Å². The first kappa shape index (κ1) is 16.2. The van der Waals surface area contributed by atoms with Crippen LogP contribution in [0.2, 0.25) is 0 Å². The lowest BCUT2D eigenvalue weighted by Gasteiger charge is -2.18. The molecule has 124 valence electrons. The first-order valence-electron chi connectivity index (χ1n) is 7.94. The highest BCUT2D eigenvalue weighted by Gasteiger charge is 2.29. The van der Waals surface area contributed by atoms with Crippen LogP contribution in [0.15, 0.2) is 48.5 Å². The van der Waals surface area contributed by atoms with Gasteiger partial charge in [0.25, 0.3) is 5.91 Å². The van der Waals surface area contributed by atoms with E-state index in [-0.39, 0.29) is 23.5 Å². The summed E-state index contributed by atoms with van der Waals surface area (Å²) < 4.78 is 13.2. The van der Waals surface area contributed by atoms with Crippen molar-refractivity contribution < 1.29 is 14.0 Å². The highest BCUT2D eigenvalue weighted by molar-refractivity contribution is 5.98. The molecule has 3 rings (SSSR count). The molecule has 1 fully saturated rings. The van der Waals surface area contributed by atoms with Gasteiger partial charge >= 0.3 is 0 Å². The Labute approximate surface area is 140 Å². The number of hydrogen-bond acceptors (Lipinski definition) is 2. The third-order valence-corrected chi connectivity index (χ3v) is 3.98. The van der Waals surface area contributed by atoms with E-state index in [1.165, 1.54) is 17.0 Å². The van der Waals surface area contributed by atoms with Crippen LogP contribution in [-0.4, -0.2) is 23.8 Å². The summed E-state index contributed by atoms with van der Waals surface area (Å²) in [6.45, 7) is 0.315. The van der Waals surface area contributed by atoms with Crippen LogP contribution in [0.4, 0.5) is 10.1 Å². The summed E-state index contributed by atoms with van der Waals surface area (Å²) in [5.74, 6) is -0.382. The lowest BCUT2D eigenvalue weighted by Crippen LogP contribution is -2.26. The highest BCUT2D eigenvalue weighted by Crippen LogP contribution is 2.30. The third kappa shape index (κ3) is 3.98. The number of nitrogens with one attached hydrogen (secondary N) is 1. The van der Waals surface area contributed by atoms with E-state index in [4.69, 9.17) is 0 Å². The first-order valence-corrected chi connectivity index (χ1v) is 7.94. The highest BCUT2D eigenvalue weighted by atomic mass is 19.1. The molecule has 0 heterocycles. The molecule has 2 aromatic carbocycles. The zero-order valence-corrected chi connectivity index (χ0v) is 13.5. The number of carbonyl (C=O) groups excluding carboxylic acids is 2. The molecule has 0 radical (unpaired) electrons. The van der Waals surface area contributed by atoms with Gasteiger partial charge in [-0.15, -0.1) is 0 Å². The molecule has 0 saturated heterocycles. The summed E-state index contributed by atoms with van der Waals surface area (Å²) in [6, 6.07) is 13.1. The van der Waals surface area contributed by atoms with Crippen molar-refractivity contribution in [2.24, 2.45) is 5.92 Å². The number of nitrogens with zero attached hydrogens (tertiary/aromatic N) is 1. The predicted molar refractivity (Wildman–Crippen MR) is 90.0 cm³/mol. The van der Waals surface area contributed by atoms with Gasteiger partial charge in [-0.2, -0.15) is 0 Å². The van der Waals surface area contributed by atoms with E-state index < -0.39 is 0 Å². The molecule has 2 aromatic rings. The van der Waals surface area contributed by atoms with Crippen LogP contribution < -0.4 is 5.32 Å². The molecule has 4 nitrogen and oxygen atoms in total. The molecule has 0 unspecified atom stereocenters. The minimum atomic E-state index is -0.321. The maximum atomic E-state index is 13.2. The van der Waals surface area contributed by atoms with Crippen molar-refractivity contribution in [2.45, 2.75) is 19.4 Å². The summed E-state index contributed by atoms with van der Waals surface area (Å²) in [7, 11) is 1.67. The fraction of sp³-hybridized carbons (Fsp3) is 0.263. The molecular formula is C19H19FN2O2. The maximum absolute atomic E-state index is 13.2. The Kier molecular flexibility index (Phi) is 4.60. The minimum Gasteiger partial charge on any atom is -0.337 e. The quantitative estimate of drug-likeness (QED) is 0.915. The van der Waals surface area contributed by atoms with Crippen molar-refractivity contribution in [2.75, 3.05) is 12.4 Å². The average Bonchev–Trinajstić information content (AvgIpc) is 3.39. The lowest BCUT2D eigenvalue weighted by atomic mass is 10.1. The van der Waals surface area contributed by atoms with E-state index in [0.29, 0.717) is 17.8 Å². The second kappa shape index (κ2) is 6.83. The number of benzene rings is 2. The SMILES string of the molecule is CN(Cc1cccc(F)c1)C(=O)c1cccc(NC(=O)C2CC2)c1. The van der Waals surface area contributed by atoms with Crippen molar-refractivity contribution in [3.63, 3.8) is 0 Å². The zero-order valence-electron chi connectivity index (χ0n) is 13.5. The van der Waals surface area contributed by atoms with E-state index in [1.54, 1.807) is 43.4 Å². The van der Waals surface area contributed by atoms with Crippen LogP contribution in [0, 0.1) is 11.7 Å². The Morgan fingerprint density at radius 2 is 1.92 bits per heavy atom. The number of amides is 2. The normalized spacial score (nSPS) is 13.4. The molecule has 1 saturated carbocycles. The average molecular weight is 326 g/mol. The molecule has 0 aromatic heterocycles. The van der Waals surface area contributed by atoms with Crippen LogP contribution in [0.25, 0.3) is 0 Å². The van der Waals surface area contributed by atoms with Gasteiger partial charge in [-0.1, -0.05) is 18.2 Å². The van der Waals surface area contributed by atoms with Gasteiger partial charge in [0.15, 0.2) is 0 Å². The summed E-state index contributed by atoms with van der Waals surface area (Å²) in [6.07, 6.45) is 1.86. The van der Waals surface area contributed by atoms with Crippen LogP contribution >= 0.6 is 0 Å². The molecule has 0 bridgehead atoms. The molecule has 1 N–H and O–H groups in total. The van der Waals surface area contributed by atoms with Crippen LogP contribution in [0.3, 0.4) is 0 Å². The smallest absolute Gasteiger partial charge is 0.253 e. The molecule has 24 heavy (non-hydrogen) atoms. The predicted octanol–water partition coefficient (Wildman–Crippen LogP) is 3.45. The Morgan fingerprint density at radius 1 is 1.17 bits per heavy atom. The van der Waals surface area contributed by atoms with Gasteiger partial charge in [-0.25, -0.2) is 4.39 Å². The van der Waals surface area contributed by atoms with E-state index in [0.717, 1.165) is 18.4 Å². The fourth-order valence-corrected chi connectivity index (χ4v) is 2.52. The molecule has 0 atom stereocenters. The number of rotatable bonds is 5. The molecule has 0 aliphatic heterocycles. The number of hydrogen-bond donors (Lipinski definition) is 1. The first-order chi connectivity index (χ1) is 11.5. The van der Waals surface area contributed by atoms with Crippen LogP contribution in [-0.2, 0) is 11.3 Å². The van der Waals surface area contributed by atoms with Gasteiger partial charge in [0.05, 0.1) is 0 Å². The number of halogens is 1. The Morgan fingerprint density at radius 3 is 2.62 bits per heavy atom. The largest absolute Gasteiger partial charge is 0.337 e. The molecule has 2 amide bonds. The van der Waals surface area contributed by atoms with Gasteiger partial charge in [0.2, 0.25) is 5.91 Å². The lowest BCUT2D eigenvalue weighted by molar-refractivity contribution is -0.117. The van der Waals surface area contributed by atoms with Gasteiger partial charge < -0.3 is 10.2 Å². The monoisotopic (exact) mass is 326 g/mol. The summed E-state index contributed by atoms with van der Waals surface area (Å²) >= 11 is 0. The van der Waals surface area contributed by atoms with Crippen LogP contribution in [0.5, 0.6) is 0 Å². The summed E-state index contributed by atoms with van der Waals surface area (Å²) in [4.78, 5) is 25.9. The molecule has 1 aliphatic carbocycles. The Balaban J connectivity index is 1.68. The van der Waals surface area contributed by atoms with Crippen molar-refractivity contribution in [1.82, 2.24) is 4.90 Å². The van der Waals surface area contributed by atoms with Crippen molar-refractivity contribution in [3.8, 4) is 0 Å². The topological polar surface area (TPSA) is 49.4 Å². The second-order valence-corrected chi connectivity index (χ2v) is 6.14. The number of anilines is 1. The molecular weight excluding hydrogens is 307 g/mol. The maximum Gasteiger partial charge on any atom is 0.253 e. The standard InChI is InChI=1S/C19H19FN2O2/c1-22(12-13-4-2-6-16(20)10-13)19(24)15-5-3-7-17(11-15)21-18(23)14-8-9-14/h2-7,10-11,14H,8-9,12H2,1H3,(H,21,23). The summed E-state index contributed by atoms with van der Waals surface area (Å²) in [5.41, 5.74) is 1.84. The van der Waals surface area contributed by atoms with Crippen molar-refractivity contribution in [1.29, 1.82) is 0 Å². The van der Waals surface area contributed by atoms with Gasteiger partial charge in [0, 0.05) is 30.8 Å². The van der Waals surface area contributed by atoms with Crippen molar-refractivity contribution in [3.05, 3.63) is 65.5 Å². The Hall–Kier alpha value is -2.69. The third-order valence-electron chi connectivity index (χ3n) is 3.98. The van der Waals surface area contributed by atoms with E-state index in [2.05, 4.69) is 5.32 Å². The fourth-order valence-electron chi connectivity index (χ4n) is 2.52. The zero-order chi connectivity index (χ0) is 17.1. The molecule has 5 heteroatoms. The van der Waals surface area contributed by atoms with Gasteiger partial charge in [-0.3, -0.25) is 9.59 Å². The molecule has 1 aliphatic rings. The van der Waals surface area contributed by atoms with Gasteiger partial charge in [0.1, 0.15) is 5.82 Å². The van der Waals surface area contributed by atoms with E-state index >= 15 is 0 Å². The van der Waals surface area contributed by atoms with E-state index in [1.807, 2.05) is 0 Å². The minimum absolute atomic E-state index is 0.00714. The van der Waals surface area contributed by atoms with Crippen LogP contribution in [0.1, 0.15) is 28.8 Å². The number of carbonyl (C=O) groups is 2.